The number of carboxylic acid groups (broad SMARTS) is 1. The van der Waals surface area contributed by atoms with E-state index in [0.717, 1.165) is 0 Å². The molecular weight excluding hydrogens is 348 g/mol. The van der Waals surface area contributed by atoms with Crippen LogP contribution in [0.4, 0.5) is 0 Å². The third kappa shape index (κ3) is 5.68. The molecule has 0 aliphatic carbocycles. The number of aliphatic hydroxyl groups excluding tert-OH is 4. The molecule has 1 fully saturated rings. The zero-order chi connectivity index (χ0) is 19.1. The monoisotopic (exact) mass is 372 g/mol. The molecule has 10 heteroatoms. The summed E-state index contributed by atoms with van der Waals surface area (Å²) in [4.78, 5) is 16.8. The molecule has 0 spiro atoms. The summed E-state index contributed by atoms with van der Waals surface area (Å²) in [5.74, 6) is -1.01. The first-order chi connectivity index (χ1) is 12.4. The van der Waals surface area contributed by atoms with E-state index in [4.69, 9.17) is 19.7 Å². The second-order valence-corrected chi connectivity index (χ2v) is 5.99. The highest BCUT2D eigenvalue weighted by Crippen LogP contribution is 2.21. The molecule has 1 aromatic heterocycles. The first-order valence-electron chi connectivity index (χ1n) is 8.18. The van der Waals surface area contributed by atoms with Gasteiger partial charge in [0.25, 0.3) is 0 Å². The minimum Gasteiger partial charge on any atom is -0.480 e. The van der Waals surface area contributed by atoms with Crippen LogP contribution < -0.4 is 0 Å². The van der Waals surface area contributed by atoms with Crippen molar-refractivity contribution in [3.63, 3.8) is 0 Å². The lowest BCUT2D eigenvalue weighted by molar-refractivity contribution is -0.301. The molecule has 0 unspecified atom stereocenters. The van der Waals surface area contributed by atoms with Crippen molar-refractivity contribution in [2.75, 3.05) is 26.3 Å². The summed E-state index contributed by atoms with van der Waals surface area (Å²) in [6.45, 7) is -0.268. The summed E-state index contributed by atoms with van der Waals surface area (Å²) in [6.07, 6.45) is -5.15. The number of carbonyl (C=O) groups is 1. The third-order valence-electron chi connectivity index (χ3n) is 4.01. The Hall–Kier alpha value is -1.66. The molecule has 146 valence electrons. The van der Waals surface area contributed by atoms with Gasteiger partial charge in [-0.25, -0.2) is 0 Å². The Morgan fingerprint density at radius 2 is 2.00 bits per heavy atom. The van der Waals surface area contributed by atoms with Crippen LogP contribution in [0, 0.1) is 0 Å². The highest BCUT2D eigenvalue weighted by molar-refractivity contribution is 5.69. The van der Waals surface area contributed by atoms with Crippen LogP contribution in [0.25, 0.3) is 0 Å². The fraction of sp³-hybridized carbons (Fsp3) is 0.625. The van der Waals surface area contributed by atoms with E-state index in [9.17, 15) is 20.1 Å². The molecular formula is C16H24N2O8. The summed E-state index contributed by atoms with van der Waals surface area (Å²) in [5, 5.41) is 47.5. The van der Waals surface area contributed by atoms with Gasteiger partial charge in [-0.3, -0.25) is 14.7 Å². The van der Waals surface area contributed by atoms with Crippen molar-refractivity contribution in [2.24, 2.45) is 0 Å². The van der Waals surface area contributed by atoms with Crippen LogP contribution in [0.2, 0.25) is 0 Å². The molecule has 0 saturated carbocycles. The van der Waals surface area contributed by atoms with Crippen LogP contribution in [-0.4, -0.2) is 98.4 Å². The highest BCUT2D eigenvalue weighted by Gasteiger charge is 2.43. The second kappa shape index (κ2) is 9.88. The molecule has 1 saturated heterocycles. The van der Waals surface area contributed by atoms with Crippen molar-refractivity contribution in [3.05, 3.63) is 30.1 Å². The molecule has 1 aliphatic rings. The summed E-state index contributed by atoms with van der Waals surface area (Å²) in [6, 6.07) is 5.33. The lowest BCUT2D eigenvalue weighted by Crippen LogP contribution is -2.59. The Morgan fingerprint density at radius 3 is 2.62 bits per heavy atom. The van der Waals surface area contributed by atoms with Gasteiger partial charge in [-0.05, 0) is 12.1 Å². The zero-order valence-corrected chi connectivity index (χ0v) is 14.1. The van der Waals surface area contributed by atoms with E-state index < -0.39 is 43.3 Å². The Morgan fingerprint density at radius 1 is 1.23 bits per heavy atom. The summed E-state index contributed by atoms with van der Waals surface area (Å²) in [5.41, 5.74) is 0.696. The highest BCUT2D eigenvalue weighted by atomic mass is 16.7. The number of nitrogens with zero attached hydrogens (tertiary/aromatic N) is 2. The maximum absolute atomic E-state index is 11.0. The van der Waals surface area contributed by atoms with Gasteiger partial charge in [-0.2, -0.15) is 0 Å². The van der Waals surface area contributed by atoms with Crippen LogP contribution >= 0.6 is 0 Å². The number of aliphatic carboxylic acids is 1. The van der Waals surface area contributed by atoms with Crippen LogP contribution in [0.3, 0.4) is 0 Å². The maximum atomic E-state index is 11.0. The van der Waals surface area contributed by atoms with E-state index in [1.54, 1.807) is 29.3 Å². The number of ether oxygens (including phenoxy) is 2. The van der Waals surface area contributed by atoms with Crippen molar-refractivity contribution in [2.45, 2.75) is 37.3 Å². The smallest absolute Gasteiger partial charge is 0.317 e. The molecule has 0 radical (unpaired) electrons. The van der Waals surface area contributed by atoms with Gasteiger partial charge in [-0.15, -0.1) is 0 Å². The number of carboxylic acids is 1. The minimum atomic E-state index is -1.52. The van der Waals surface area contributed by atoms with Gasteiger partial charge in [0, 0.05) is 19.3 Å². The predicted octanol–water partition coefficient (Wildman–Crippen LogP) is -2.22. The Balaban J connectivity index is 1.88. The molecule has 1 aliphatic heterocycles. The minimum absolute atomic E-state index is 0.00278. The van der Waals surface area contributed by atoms with Gasteiger partial charge in [0.05, 0.1) is 25.5 Å². The number of hydrogen-bond donors (Lipinski definition) is 5. The number of aliphatic hydroxyl groups is 4. The largest absolute Gasteiger partial charge is 0.480 e. The molecule has 5 N–H and O–H groups in total. The summed E-state index contributed by atoms with van der Waals surface area (Å²) >= 11 is 0. The van der Waals surface area contributed by atoms with Gasteiger partial charge in [-0.1, -0.05) is 6.07 Å². The van der Waals surface area contributed by atoms with Gasteiger partial charge >= 0.3 is 5.97 Å². The van der Waals surface area contributed by atoms with Crippen molar-refractivity contribution in [1.29, 1.82) is 0 Å². The molecule has 0 amide bonds. The van der Waals surface area contributed by atoms with Crippen LogP contribution in [0.15, 0.2) is 24.4 Å². The second-order valence-electron chi connectivity index (χ2n) is 5.99. The Bertz CT molecular complexity index is 558. The van der Waals surface area contributed by atoms with Crippen molar-refractivity contribution in [1.82, 2.24) is 9.88 Å². The van der Waals surface area contributed by atoms with Crippen molar-refractivity contribution in [3.8, 4) is 0 Å². The topological polar surface area (TPSA) is 153 Å². The number of hydrogen-bond acceptors (Lipinski definition) is 9. The van der Waals surface area contributed by atoms with Crippen LogP contribution in [0.5, 0.6) is 0 Å². The molecule has 5 atom stereocenters. The Labute approximate surface area is 150 Å². The average Bonchev–Trinajstić information content (AvgIpc) is 2.62. The third-order valence-corrected chi connectivity index (χ3v) is 4.01. The number of rotatable bonds is 9. The molecule has 26 heavy (non-hydrogen) atoms. The quantitative estimate of drug-likeness (QED) is 0.322. The van der Waals surface area contributed by atoms with Gasteiger partial charge in [0.1, 0.15) is 24.4 Å². The molecule has 2 heterocycles. The van der Waals surface area contributed by atoms with E-state index in [1.807, 2.05) is 0 Å². The predicted molar refractivity (Wildman–Crippen MR) is 86.9 cm³/mol. The van der Waals surface area contributed by atoms with Gasteiger partial charge in [0.2, 0.25) is 0 Å². The maximum Gasteiger partial charge on any atom is 0.317 e. The first-order valence-corrected chi connectivity index (χ1v) is 8.18. The van der Waals surface area contributed by atoms with Gasteiger partial charge < -0.3 is 35.0 Å². The molecule has 10 nitrogen and oxygen atoms in total. The van der Waals surface area contributed by atoms with Crippen molar-refractivity contribution >= 4 is 5.97 Å². The van der Waals surface area contributed by atoms with E-state index in [-0.39, 0.29) is 19.7 Å². The van der Waals surface area contributed by atoms with E-state index in [2.05, 4.69) is 4.98 Å². The zero-order valence-electron chi connectivity index (χ0n) is 14.1. The molecule has 0 bridgehead atoms. The molecule has 0 aromatic carbocycles. The summed E-state index contributed by atoms with van der Waals surface area (Å²) in [7, 11) is 0. The van der Waals surface area contributed by atoms with E-state index in [1.165, 1.54) is 0 Å². The van der Waals surface area contributed by atoms with Crippen LogP contribution in [-0.2, 0) is 20.8 Å². The fourth-order valence-corrected chi connectivity index (χ4v) is 2.63. The fourth-order valence-electron chi connectivity index (χ4n) is 2.63. The van der Waals surface area contributed by atoms with Crippen molar-refractivity contribution < 1.29 is 39.8 Å². The van der Waals surface area contributed by atoms with Gasteiger partial charge in [0.15, 0.2) is 6.29 Å². The Kier molecular flexibility index (Phi) is 7.85. The lowest BCUT2D eigenvalue weighted by Gasteiger charge is -2.39. The lowest BCUT2D eigenvalue weighted by atomic mass is 9.99. The normalized spacial score (nSPS) is 29.0. The first kappa shape index (κ1) is 20.6. The SMILES string of the molecule is O=C(O)CN(CCO[C@@H]1O[C@H](CO)[C@@H](O)[C@H](O)[C@H]1O)Cc1ccccn1. The average molecular weight is 372 g/mol. The van der Waals surface area contributed by atoms with E-state index >= 15 is 0 Å². The van der Waals surface area contributed by atoms with E-state index in [0.29, 0.717) is 12.2 Å². The standard InChI is InChI=1S/C16H24N2O8/c19-9-11-13(22)14(23)15(24)16(26-11)25-6-5-18(8-12(20)21)7-10-3-1-2-4-17-10/h1-4,11,13-16,19,22-24H,5-9H2,(H,20,21)/t11-,13-,14+,15-,16-/m1/s1. The number of pyridine rings is 1. The summed E-state index contributed by atoms with van der Waals surface area (Å²) < 4.78 is 10.6. The number of aromatic nitrogens is 1. The van der Waals surface area contributed by atoms with Crippen LogP contribution in [0.1, 0.15) is 5.69 Å². The molecule has 1 aromatic rings. The molecule has 2 rings (SSSR count).